The second-order valence-corrected chi connectivity index (χ2v) is 10.2. The van der Waals surface area contributed by atoms with E-state index in [1.807, 2.05) is 23.7 Å². The standard InChI is InChI=1S/C22H27FN4OS/c1-26-14-24-25-21(26)29-13-20(28)27(12-15-2-4-19(23)5-3-15)22-9-16-6-17(10-22)8-18(7-16)11-22/h2-5,14,16-18H,6-13H2,1H3. The molecule has 2 aromatic rings. The molecule has 4 aliphatic carbocycles. The highest BCUT2D eigenvalue weighted by Crippen LogP contribution is 2.58. The number of halogens is 1. The van der Waals surface area contributed by atoms with Gasteiger partial charge < -0.3 is 9.47 Å². The Morgan fingerprint density at radius 2 is 1.79 bits per heavy atom. The Hall–Kier alpha value is -1.89. The van der Waals surface area contributed by atoms with E-state index in [0.717, 1.165) is 47.7 Å². The number of hydrogen-bond donors (Lipinski definition) is 0. The summed E-state index contributed by atoms with van der Waals surface area (Å²) in [6.07, 6.45) is 9.05. The van der Waals surface area contributed by atoms with E-state index in [1.165, 1.54) is 43.2 Å². The topological polar surface area (TPSA) is 51.0 Å². The maximum atomic E-state index is 13.5. The molecule has 1 aromatic carbocycles. The van der Waals surface area contributed by atoms with E-state index in [2.05, 4.69) is 15.1 Å². The summed E-state index contributed by atoms with van der Waals surface area (Å²) in [6.45, 7) is 0.560. The van der Waals surface area contributed by atoms with Crippen LogP contribution in [0.15, 0.2) is 35.7 Å². The third-order valence-corrected chi connectivity index (χ3v) is 8.15. The van der Waals surface area contributed by atoms with E-state index in [9.17, 15) is 9.18 Å². The number of rotatable bonds is 6. The minimum Gasteiger partial charge on any atom is -0.332 e. The van der Waals surface area contributed by atoms with Gasteiger partial charge in [0.05, 0.1) is 5.75 Å². The van der Waals surface area contributed by atoms with Crippen LogP contribution in [0.4, 0.5) is 4.39 Å². The van der Waals surface area contributed by atoms with Crippen LogP contribution in [0.3, 0.4) is 0 Å². The normalized spacial score (nSPS) is 29.9. The molecular formula is C22H27FN4OS. The highest BCUT2D eigenvalue weighted by molar-refractivity contribution is 7.99. The molecule has 5 nitrogen and oxygen atoms in total. The maximum Gasteiger partial charge on any atom is 0.233 e. The zero-order valence-electron chi connectivity index (χ0n) is 16.8. The maximum absolute atomic E-state index is 13.5. The van der Waals surface area contributed by atoms with Crippen molar-refractivity contribution in [2.75, 3.05) is 5.75 Å². The predicted octanol–water partition coefficient (Wildman–Crippen LogP) is 4.04. The van der Waals surface area contributed by atoms with Crippen molar-refractivity contribution in [3.8, 4) is 0 Å². The largest absolute Gasteiger partial charge is 0.332 e. The van der Waals surface area contributed by atoms with Gasteiger partial charge >= 0.3 is 0 Å². The van der Waals surface area contributed by atoms with E-state index in [0.29, 0.717) is 12.3 Å². The molecule has 4 fully saturated rings. The van der Waals surface area contributed by atoms with E-state index in [4.69, 9.17) is 0 Å². The quantitative estimate of drug-likeness (QED) is 0.670. The molecule has 29 heavy (non-hydrogen) atoms. The third-order valence-electron chi connectivity index (χ3n) is 7.13. The van der Waals surface area contributed by atoms with Gasteiger partial charge in [-0.15, -0.1) is 10.2 Å². The number of carbonyl (C=O) groups excluding carboxylic acids is 1. The number of hydrogen-bond acceptors (Lipinski definition) is 4. The van der Waals surface area contributed by atoms with Gasteiger partial charge in [0, 0.05) is 19.1 Å². The Balaban J connectivity index is 1.40. The molecule has 6 rings (SSSR count). The molecule has 154 valence electrons. The first-order valence-corrected chi connectivity index (χ1v) is 11.5. The molecule has 0 atom stereocenters. The van der Waals surface area contributed by atoms with E-state index in [1.54, 1.807) is 6.33 Å². The zero-order valence-corrected chi connectivity index (χ0v) is 17.6. The SMILES string of the molecule is Cn1cnnc1SCC(=O)N(Cc1ccc(F)cc1)C12CC3CC(CC(C3)C1)C2. The van der Waals surface area contributed by atoms with Gasteiger partial charge in [0.1, 0.15) is 12.1 Å². The lowest BCUT2D eigenvalue weighted by atomic mass is 9.52. The summed E-state index contributed by atoms with van der Waals surface area (Å²) in [5.41, 5.74) is 0.972. The van der Waals surface area contributed by atoms with E-state index in [-0.39, 0.29) is 17.3 Å². The molecule has 0 unspecified atom stereocenters. The van der Waals surface area contributed by atoms with E-state index < -0.39 is 0 Å². The molecule has 1 amide bonds. The van der Waals surface area contributed by atoms with Crippen LogP contribution >= 0.6 is 11.8 Å². The number of nitrogens with zero attached hydrogens (tertiary/aromatic N) is 4. The van der Waals surface area contributed by atoms with Crippen LogP contribution in [0.1, 0.15) is 44.1 Å². The molecule has 0 N–H and O–H groups in total. The van der Waals surface area contributed by atoms with Gasteiger partial charge in [-0.2, -0.15) is 0 Å². The summed E-state index contributed by atoms with van der Waals surface area (Å²) >= 11 is 1.45. The predicted molar refractivity (Wildman–Crippen MR) is 110 cm³/mol. The molecule has 1 heterocycles. The number of aryl methyl sites for hydroxylation is 1. The summed E-state index contributed by atoms with van der Waals surface area (Å²) < 4.78 is 15.3. The first-order valence-electron chi connectivity index (χ1n) is 10.5. The lowest BCUT2D eigenvalue weighted by Gasteiger charge is -2.60. The van der Waals surface area contributed by atoms with Gasteiger partial charge in [-0.25, -0.2) is 4.39 Å². The van der Waals surface area contributed by atoms with Crippen LogP contribution in [-0.2, 0) is 18.4 Å². The monoisotopic (exact) mass is 414 g/mol. The summed E-state index contributed by atoms with van der Waals surface area (Å²) in [6, 6.07) is 6.61. The van der Waals surface area contributed by atoms with Gasteiger partial charge in [0.2, 0.25) is 5.91 Å². The zero-order chi connectivity index (χ0) is 20.0. The molecule has 0 aliphatic heterocycles. The number of aromatic nitrogens is 3. The van der Waals surface area contributed by atoms with Crippen LogP contribution in [-0.4, -0.2) is 36.9 Å². The molecule has 4 bridgehead atoms. The summed E-state index contributed by atoms with van der Waals surface area (Å²) in [5.74, 6) is 2.56. The highest BCUT2D eigenvalue weighted by Gasteiger charge is 2.54. The second kappa shape index (κ2) is 7.42. The Bertz CT molecular complexity index is 861. The minimum absolute atomic E-state index is 0.0271. The molecule has 7 heteroatoms. The third kappa shape index (κ3) is 3.69. The molecular weight excluding hydrogens is 387 g/mol. The van der Waals surface area contributed by atoms with Gasteiger partial charge in [0.25, 0.3) is 0 Å². The van der Waals surface area contributed by atoms with Crippen LogP contribution < -0.4 is 0 Å². The molecule has 0 saturated heterocycles. The average Bonchev–Trinajstić information content (AvgIpc) is 3.09. The van der Waals surface area contributed by atoms with Crippen LogP contribution in [0, 0.1) is 23.6 Å². The Morgan fingerprint density at radius 3 is 2.34 bits per heavy atom. The van der Waals surface area contributed by atoms with Crippen molar-refractivity contribution in [2.24, 2.45) is 24.8 Å². The number of amides is 1. The fourth-order valence-corrected chi connectivity index (χ4v) is 7.06. The Morgan fingerprint density at radius 1 is 1.17 bits per heavy atom. The first kappa shape index (κ1) is 19.1. The first-order chi connectivity index (χ1) is 14.0. The number of benzene rings is 1. The van der Waals surface area contributed by atoms with Crippen LogP contribution in [0.2, 0.25) is 0 Å². The van der Waals surface area contributed by atoms with Crippen LogP contribution in [0.5, 0.6) is 0 Å². The molecule has 0 spiro atoms. The fourth-order valence-electron chi connectivity index (χ4n) is 6.30. The van der Waals surface area contributed by atoms with Crippen molar-refractivity contribution in [3.63, 3.8) is 0 Å². The van der Waals surface area contributed by atoms with Gasteiger partial charge in [0.15, 0.2) is 5.16 Å². The minimum atomic E-state index is -0.237. The van der Waals surface area contributed by atoms with Gasteiger partial charge in [-0.1, -0.05) is 23.9 Å². The van der Waals surface area contributed by atoms with Crippen molar-refractivity contribution in [1.29, 1.82) is 0 Å². The van der Waals surface area contributed by atoms with E-state index >= 15 is 0 Å². The molecule has 1 aromatic heterocycles. The van der Waals surface area contributed by atoms with Crippen molar-refractivity contribution in [3.05, 3.63) is 42.0 Å². The summed E-state index contributed by atoms with van der Waals surface area (Å²) in [4.78, 5) is 15.7. The smallest absolute Gasteiger partial charge is 0.233 e. The molecule has 4 aliphatic rings. The second-order valence-electron chi connectivity index (χ2n) is 9.26. The Labute approximate surface area is 175 Å². The summed E-state index contributed by atoms with van der Waals surface area (Å²) in [5, 5.41) is 8.76. The molecule has 0 radical (unpaired) electrons. The van der Waals surface area contributed by atoms with Crippen molar-refractivity contribution in [2.45, 2.75) is 55.8 Å². The Kier molecular flexibility index (Phi) is 4.88. The molecule has 4 saturated carbocycles. The fraction of sp³-hybridized carbons (Fsp3) is 0.591. The van der Waals surface area contributed by atoms with Crippen molar-refractivity contribution < 1.29 is 9.18 Å². The van der Waals surface area contributed by atoms with Gasteiger partial charge in [-0.05, 0) is 74.0 Å². The average molecular weight is 415 g/mol. The van der Waals surface area contributed by atoms with Gasteiger partial charge in [-0.3, -0.25) is 4.79 Å². The lowest BCUT2D eigenvalue weighted by molar-refractivity contribution is -0.149. The highest BCUT2D eigenvalue weighted by atomic mass is 32.2. The van der Waals surface area contributed by atoms with Crippen molar-refractivity contribution in [1.82, 2.24) is 19.7 Å². The number of carbonyl (C=O) groups is 1. The number of thioether (sulfide) groups is 1. The van der Waals surface area contributed by atoms with Crippen LogP contribution in [0.25, 0.3) is 0 Å². The van der Waals surface area contributed by atoms with Crippen molar-refractivity contribution >= 4 is 17.7 Å². The summed E-state index contributed by atoms with van der Waals surface area (Å²) in [7, 11) is 1.89. The lowest BCUT2D eigenvalue weighted by Crippen LogP contribution is -2.61.